The molecule has 0 atom stereocenters. The van der Waals surface area contributed by atoms with Crippen LogP contribution in [-0.2, 0) is 6.42 Å². The van der Waals surface area contributed by atoms with Crippen LogP contribution in [0.15, 0.2) is 0 Å². The van der Waals surface area contributed by atoms with Gasteiger partial charge in [0.2, 0.25) is 0 Å². The zero-order valence-electron chi connectivity index (χ0n) is 10.1. The summed E-state index contributed by atoms with van der Waals surface area (Å²) in [6.07, 6.45) is 3.36. The summed E-state index contributed by atoms with van der Waals surface area (Å²) in [4.78, 5) is 19.2. The molecule has 0 aliphatic heterocycles. The van der Waals surface area contributed by atoms with E-state index >= 15 is 0 Å². The Bertz CT molecular complexity index is 394. The number of Topliss-reactive ketones (excluding diaryl/α,β-unsaturated/α-hetero) is 1. The standard InChI is InChI=1S/C12H18N2OS/c1-8(15)12-11(9-4-5-9)13-10(16-12)6-7-14(2)3/h9H,4-7H2,1-3H3. The highest BCUT2D eigenvalue weighted by molar-refractivity contribution is 7.13. The summed E-state index contributed by atoms with van der Waals surface area (Å²) in [6.45, 7) is 2.64. The van der Waals surface area contributed by atoms with Crippen molar-refractivity contribution in [2.75, 3.05) is 20.6 Å². The van der Waals surface area contributed by atoms with Crippen molar-refractivity contribution in [3.05, 3.63) is 15.6 Å². The van der Waals surface area contributed by atoms with Crippen molar-refractivity contribution in [3.63, 3.8) is 0 Å². The van der Waals surface area contributed by atoms with Gasteiger partial charge < -0.3 is 4.90 Å². The number of nitrogens with zero attached hydrogens (tertiary/aromatic N) is 2. The summed E-state index contributed by atoms with van der Waals surface area (Å²) in [7, 11) is 4.11. The second-order valence-corrected chi connectivity index (χ2v) is 5.79. The molecule has 1 heterocycles. The van der Waals surface area contributed by atoms with E-state index in [0.717, 1.165) is 28.5 Å². The monoisotopic (exact) mass is 238 g/mol. The molecule has 16 heavy (non-hydrogen) atoms. The van der Waals surface area contributed by atoms with Crippen LogP contribution in [0.3, 0.4) is 0 Å². The van der Waals surface area contributed by atoms with E-state index < -0.39 is 0 Å². The smallest absolute Gasteiger partial charge is 0.171 e. The SMILES string of the molecule is CC(=O)c1sc(CCN(C)C)nc1C1CC1. The molecule has 0 radical (unpaired) electrons. The normalized spacial score (nSPS) is 15.8. The molecule has 4 heteroatoms. The van der Waals surface area contributed by atoms with Crippen LogP contribution in [0, 0.1) is 0 Å². The highest BCUT2D eigenvalue weighted by atomic mass is 32.1. The van der Waals surface area contributed by atoms with E-state index in [9.17, 15) is 4.79 Å². The Morgan fingerprint density at radius 1 is 1.50 bits per heavy atom. The molecule has 0 spiro atoms. The van der Waals surface area contributed by atoms with E-state index in [1.54, 1.807) is 18.3 Å². The Hall–Kier alpha value is -0.740. The molecular formula is C12H18N2OS. The number of ketones is 1. The highest BCUT2D eigenvalue weighted by Crippen LogP contribution is 2.42. The van der Waals surface area contributed by atoms with E-state index in [0.29, 0.717) is 5.92 Å². The third kappa shape index (κ3) is 2.68. The van der Waals surface area contributed by atoms with E-state index in [1.165, 1.54) is 12.8 Å². The molecule has 1 aliphatic carbocycles. The molecule has 0 saturated heterocycles. The fraction of sp³-hybridized carbons (Fsp3) is 0.667. The van der Waals surface area contributed by atoms with Crippen molar-refractivity contribution in [2.45, 2.75) is 32.1 Å². The first-order valence-electron chi connectivity index (χ1n) is 5.73. The predicted octanol–water partition coefficient (Wildman–Crippen LogP) is 2.33. The Morgan fingerprint density at radius 2 is 2.19 bits per heavy atom. The summed E-state index contributed by atoms with van der Waals surface area (Å²) in [5, 5.41) is 1.11. The van der Waals surface area contributed by atoms with Crippen LogP contribution < -0.4 is 0 Å². The largest absolute Gasteiger partial charge is 0.309 e. The van der Waals surface area contributed by atoms with E-state index in [-0.39, 0.29) is 5.78 Å². The molecule has 0 amide bonds. The molecule has 0 aromatic carbocycles. The van der Waals surface area contributed by atoms with Gasteiger partial charge in [-0.2, -0.15) is 0 Å². The van der Waals surface area contributed by atoms with Gasteiger partial charge in [0.1, 0.15) is 0 Å². The second-order valence-electron chi connectivity index (χ2n) is 4.71. The summed E-state index contributed by atoms with van der Waals surface area (Å²) in [5.74, 6) is 0.749. The average molecular weight is 238 g/mol. The van der Waals surface area contributed by atoms with Gasteiger partial charge in [-0.25, -0.2) is 4.98 Å². The van der Waals surface area contributed by atoms with Crippen LogP contribution in [0.2, 0.25) is 0 Å². The predicted molar refractivity (Wildman–Crippen MR) is 66.4 cm³/mol. The van der Waals surface area contributed by atoms with Crippen molar-refractivity contribution in [1.29, 1.82) is 0 Å². The number of carbonyl (C=O) groups excluding carboxylic acids is 1. The summed E-state index contributed by atoms with van der Waals surface area (Å²) >= 11 is 1.59. The fourth-order valence-corrected chi connectivity index (χ4v) is 2.72. The van der Waals surface area contributed by atoms with Crippen molar-refractivity contribution in [3.8, 4) is 0 Å². The first-order chi connectivity index (χ1) is 7.58. The van der Waals surface area contributed by atoms with Crippen molar-refractivity contribution >= 4 is 17.1 Å². The Kier molecular flexibility index (Phi) is 3.40. The lowest BCUT2D eigenvalue weighted by Crippen LogP contribution is -2.14. The molecule has 2 rings (SSSR count). The molecule has 0 unspecified atom stereocenters. The third-order valence-corrected chi connectivity index (χ3v) is 3.99. The lowest BCUT2D eigenvalue weighted by molar-refractivity contribution is 0.102. The van der Waals surface area contributed by atoms with Crippen LogP contribution in [-0.4, -0.2) is 36.3 Å². The molecule has 1 saturated carbocycles. The maximum Gasteiger partial charge on any atom is 0.171 e. The molecule has 1 aromatic heterocycles. The number of carbonyl (C=O) groups is 1. The fourth-order valence-electron chi connectivity index (χ4n) is 1.69. The lowest BCUT2D eigenvalue weighted by Gasteiger charge is -2.06. The van der Waals surface area contributed by atoms with Gasteiger partial charge in [0.15, 0.2) is 5.78 Å². The van der Waals surface area contributed by atoms with Gasteiger partial charge in [0, 0.05) is 25.8 Å². The minimum Gasteiger partial charge on any atom is -0.309 e. The first kappa shape index (κ1) is 11.7. The van der Waals surface area contributed by atoms with Crippen molar-refractivity contribution in [1.82, 2.24) is 9.88 Å². The Labute approximate surface area is 100 Å². The molecule has 3 nitrogen and oxygen atoms in total. The summed E-state index contributed by atoms with van der Waals surface area (Å²) in [5.41, 5.74) is 1.08. The van der Waals surface area contributed by atoms with E-state index in [1.807, 2.05) is 0 Å². The topological polar surface area (TPSA) is 33.2 Å². The molecule has 1 aliphatic rings. The number of hydrogen-bond donors (Lipinski definition) is 0. The Balaban J connectivity index is 2.14. The van der Waals surface area contributed by atoms with Crippen molar-refractivity contribution < 1.29 is 4.79 Å². The highest BCUT2D eigenvalue weighted by Gasteiger charge is 2.30. The number of hydrogen-bond acceptors (Lipinski definition) is 4. The quantitative estimate of drug-likeness (QED) is 0.738. The van der Waals surface area contributed by atoms with Crippen LogP contribution in [0.4, 0.5) is 0 Å². The minimum atomic E-state index is 0.176. The summed E-state index contributed by atoms with van der Waals surface area (Å²) in [6, 6.07) is 0. The van der Waals surface area contributed by atoms with Gasteiger partial charge in [0.05, 0.1) is 15.6 Å². The zero-order valence-corrected chi connectivity index (χ0v) is 10.9. The zero-order chi connectivity index (χ0) is 11.7. The third-order valence-electron chi connectivity index (χ3n) is 2.75. The van der Waals surface area contributed by atoms with Crippen LogP contribution in [0.5, 0.6) is 0 Å². The Morgan fingerprint density at radius 3 is 2.69 bits per heavy atom. The van der Waals surface area contributed by atoms with E-state index in [4.69, 9.17) is 0 Å². The number of thiazole rings is 1. The van der Waals surface area contributed by atoms with Crippen LogP contribution in [0.1, 0.15) is 46.1 Å². The minimum absolute atomic E-state index is 0.176. The molecular weight excluding hydrogens is 220 g/mol. The molecule has 88 valence electrons. The van der Waals surface area contributed by atoms with Gasteiger partial charge in [0.25, 0.3) is 0 Å². The summed E-state index contributed by atoms with van der Waals surface area (Å²) < 4.78 is 0. The van der Waals surface area contributed by atoms with Gasteiger partial charge in [-0.15, -0.1) is 11.3 Å². The molecule has 0 N–H and O–H groups in total. The van der Waals surface area contributed by atoms with Crippen molar-refractivity contribution in [2.24, 2.45) is 0 Å². The molecule has 1 aromatic rings. The number of rotatable bonds is 5. The van der Waals surface area contributed by atoms with Crippen LogP contribution in [0.25, 0.3) is 0 Å². The van der Waals surface area contributed by atoms with Crippen LogP contribution >= 0.6 is 11.3 Å². The maximum absolute atomic E-state index is 11.5. The maximum atomic E-state index is 11.5. The molecule has 0 bridgehead atoms. The van der Waals surface area contributed by atoms with E-state index in [2.05, 4.69) is 24.0 Å². The second kappa shape index (κ2) is 4.63. The lowest BCUT2D eigenvalue weighted by atomic mass is 10.2. The molecule has 1 fully saturated rings. The average Bonchev–Trinajstić information content (AvgIpc) is 2.95. The first-order valence-corrected chi connectivity index (χ1v) is 6.55. The van der Waals surface area contributed by atoms with Gasteiger partial charge in [-0.1, -0.05) is 0 Å². The van der Waals surface area contributed by atoms with Gasteiger partial charge >= 0.3 is 0 Å². The van der Waals surface area contributed by atoms with Gasteiger partial charge in [-0.3, -0.25) is 4.79 Å². The van der Waals surface area contributed by atoms with Gasteiger partial charge in [-0.05, 0) is 26.9 Å². The number of aromatic nitrogens is 1. The number of likely N-dealkylation sites (N-methyl/N-ethyl adjacent to an activating group) is 1.